The molecular formula is C75H116O6. The van der Waals surface area contributed by atoms with Crippen LogP contribution in [0.25, 0.3) is 0 Å². The Balaban J connectivity index is 4.53. The second-order valence-corrected chi connectivity index (χ2v) is 20.5. The number of esters is 3. The summed E-state index contributed by atoms with van der Waals surface area (Å²) >= 11 is 0. The smallest absolute Gasteiger partial charge is 0.306 e. The third kappa shape index (κ3) is 65.2. The molecule has 0 rings (SSSR count). The van der Waals surface area contributed by atoms with Crippen molar-refractivity contribution in [2.24, 2.45) is 0 Å². The highest BCUT2D eigenvalue weighted by molar-refractivity contribution is 5.71. The zero-order valence-electron chi connectivity index (χ0n) is 51.7. The Bertz CT molecular complexity index is 1900. The average molecular weight is 1110 g/mol. The van der Waals surface area contributed by atoms with Gasteiger partial charge in [0.2, 0.25) is 0 Å². The molecule has 0 fully saturated rings. The van der Waals surface area contributed by atoms with Crippen molar-refractivity contribution in [3.8, 4) is 0 Å². The van der Waals surface area contributed by atoms with Gasteiger partial charge in [-0.05, 0) is 154 Å². The van der Waals surface area contributed by atoms with Crippen LogP contribution in [0.1, 0.15) is 252 Å². The molecule has 452 valence electrons. The molecule has 0 aromatic heterocycles. The number of hydrogen-bond donors (Lipinski definition) is 0. The molecule has 0 spiro atoms. The molecule has 0 bridgehead atoms. The van der Waals surface area contributed by atoms with Gasteiger partial charge in [-0.2, -0.15) is 0 Å². The van der Waals surface area contributed by atoms with E-state index < -0.39 is 6.10 Å². The van der Waals surface area contributed by atoms with Crippen molar-refractivity contribution >= 4 is 17.9 Å². The van der Waals surface area contributed by atoms with Gasteiger partial charge in [0.05, 0.1) is 0 Å². The Labute approximate surface area is 497 Å². The SMILES string of the molecule is CC/C=C\C/C=C\C/C=C\C/C=C\C/C=C\C/C=C\C/C=C\C/C=C\C/C=C\CCCC(=O)OCC(COC(=O)CCCCCCC/C=C\C/C=C\CCCCC)OC(=O)CCCCCCCC/C=C\C/C=C\C/C=C\C/C=C\CC. The standard InChI is InChI=1S/C75H116O6/c1-4-7-10-13-16-19-22-25-28-30-32-33-34-35-36-37-38-39-40-41-43-44-47-50-53-56-59-62-65-68-74(77)80-71-72(70-79-73(76)67-64-61-58-55-52-49-46-27-24-21-18-15-12-9-6-3)81-75(78)69-66-63-60-57-54-51-48-45-42-31-29-26-23-20-17-14-11-8-5-2/h7-8,10-11,16-21,25-29,32-33,35-36,38-39,41-43,45-47,50,56,59,72H,4-6,9,12-15,22-24,30-31,34,37,40,44,48-49,51-55,57-58,60-71H2,1-3H3/b10-7-,11-8-,19-16-,20-17-,21-18-,28-25-,29-26-,33-32-,36-35-,39-38-,43-41-,45-42-,46-27-,50-47-,59-56-. The van der Waals surface area contributed by atoms with Gasteiger partial charge in [-0.25, -0.2) is 0 Å². The maximum Gasteiger partial charge on any atom is 0.306 e. The van der Waals surface area contributed by atoms with E-state index in [0.29, 0.717) is 12.8 Å². The van der Waals surface area contributed by atoms with Gasteiger partial charge in [0.15, 0.2) is 6.10 Å². The molecule has 1 unspecified atom stereocenters. The molecule has 0 amide bonds. The maximum atomic E-state index is 12.9. The molecule has 0 aromatic carbocycles. The number of ether oxygens (including phenoxy) is 3. The Hall–Kier alpha value is -5.49. The summed E-state index contributed by atoms with van der Waals surface area (Å²) in [6.45, 7) is 6.30. The summed E-state index contributed by atoms with van der Waals surface area (Å²) < 4.78 is 16.8. The summed E-state index contributed by atoms with van der Waals surface area (Å²) in [5.74, 6) is -1.01. The topological polar surface area (TPSA) is 78.9 Å². The van der Waals surface area contributed by atoms with Gasteiger partial charge in [0, 0.05) is 19.3 Å². The van der Waals surface area contributed by atoms with E-state index in [4.69, 9.17) is 14.2 Å². The van der Waals surface area contributed by atoms with Crippen LogP contribution in [0, 0.1) is 0 Å². The summed E-state index contributed by atoms with van der Waals surface area (Å²) in [6.07, 6.45) is 100. The van der Waals surface area contributed by atoms with Crippen molar-refractivity contribution < 1.29 is 28.6 Å². The number of allylic oxidation sites excluding steroid dienone is 30. The lowest BCUT2D eigenvalue weighted by Gasteiger charge is -2.18. The number of carbonyl (C=O) groups excluding carboxylic acids is 3. The van der Waals surface area contributed by atoms with Crippen molar-refractivity contribution in [2.45, 2.75) is 258 Å². The van der Waals surface area contributed by atoms with Gasteiger partial charge < -0.3 is 14.2 Å². The fourth-order valence-corrected chi connectivity index (χ4v) is 8.11. The van der Waals surface area contributed by atoms with Crippen LogP contribution in [0.4, 0.5) is 0 Å². The molecule has 0 aromatic rings. The molecule has 0 aliphatic rings. The van der Waals surface area contributed by atoms with Gasteiger partial charge >= 0.3 is 17.9 Å². The molecule has 0 radical (unpaired) electrons. The van der Waals surface area contributed by atoms with Crippen LogP contribution >= 0.6 is 0 Å². The van der Waals surface area contributed by atoms with Crippen molar-refractivity contribution in [3.05, 3.63) is 182 Å². The van der Waals surface area contributed by atoms with Crippen LogP contribution in [0.2, 0.25) is 0 Å². The molecule has 0 heterocycles. The first kappa shape index (κ1) is 75.5. The summed E-state index contributed by atoms with van der Waals surface area (Å²) in [5.41, 5.74) is 0. The minimum Gasteiger partial charge on any atom is -0.462 e. The van der Waals surface area contributed by atoms with Crippen molar-refractivity contribution in [3.63, 3.8) is 0 Å². The van der Waals surface area contributed by atoms with Crippen LogP contribution in [-0.2, 0) is 28.6 Å². The van der Waals surface area contributed by atoms with E-state index in [1.165, 1.54) is 38.5 Å². The Morgan fingerprint density at radius 1 is 0.259 bits per heavy atom. The molecule has 6 heteroatoms. The maximum absolute atomic E-state index is 12.9. The van der Waals surface area contributed by atoms with E-state index in [2.05, 4.69) is 203 Å². The monoisotopic (exact) mass is 1110 g/mol. The van der Waals surface area contributed by atoms with E-state index in [-0.39, 0.29) is 44.0 Å². The summed E-state index contributed by atoms with van der Waals surface area (Å²) in [7, 11) is 0. The van der Waals surface area contributed by atoms with Gasteiger partial charge in [0.1, 0.15) is 13.2 Å². The number of unbranched alkanes of at least 4 members (excludes halogenated alkanes) is 15. The van der Waals surface area contributed by atoms with Gasteiger partial charge in [-0.15, -0.1) is 0 Å². The Kier molecular flexibility index (Phi) is 62.5. The molecule has 0 N–H and O–H groups in total. The van der Waals surface area contributed by atoms with Gasteiger partial charge in [-0.1, -0.05) is 261 Å². The highest BCUT2D eigenvalue weighted by Crippen LogP contribution is 2.13. The minimum absolute atomic E-state index is 0.118. The largest absolute Gasteiger partial charge is 0.462 e. The third-order valence-corrected chi connectivity index (χ3v) is 12.9. The van der Waals surface area contributed by atoms with Crippen molar-refractivity contribution in [2.75, 3.05) is 13.2 Å². The number of rotatable bonds is 56. The summed E-state index contributed by atoms with van der Waals surface area (Å²) in [4.78, 5) is 38.3. The second kappa shape index (κ2) is 67.0. The molecule has 0 saturated carbocycles. The molecular weight excluding hydrogens is 997 g/mol. The van der Waals surface area contributed by atoms with Crippen LogP contribution in [0.5, 0.6) is 0 Å². The van der Waals surface area contributed by atoms with Crippen LogP contribution in [0.15, 0.2) is 182 Å². The van der Waals surface area contributed by atoms with E-state index in [9.17, 15) is 14.4 Å². The lowest BCUT2D eigenvalue weighted by Crippen LogP contribution is -2.30. The zero-order valence-corrected chi connectivity index (χ0v) is 51.7. The Morgan fingerprint density at radius 3 is 0.802 bits per heavy atom. The Morgan fingerprint density at radius 2 is 0.494 bits per heavy atom. The van der Waals surface area contributed by atoms with Crippen LogP contribution in [0.3, 0.4) is 0 Å². The lowest BCUT2D eigenvalue weighted by molar-refractivity contribution is -0.167. The fraction of sp³-hybridized carbons (Fsp3) is 0.560. The fourth-order valence-electron chi connectivity index (χ4n) is 8.11. The summed E-state index contributed by atoms with van der Waals surface area (Å²) in [6, 6.07) is 0. The highest BCUT2D eigenvalue weighted by Gasteiger charge is 2.19. The molecule has 81 heavy (non-hydrogen) atoms. The molecule has 1 atom stereocenters. The van der Waals surface area contributed by atoms with Crippen molar-refractivity contribution in [1.82, 2.24) is 0 Å². The number of hydrogen-bond acceptors (Lipinski definition) is 6. The molecule has 6 nitrogen and oxygen atoms in total. The predicted octanol–water partition coefficient (Wildman–Crippen LogP) is 22.4. The van der Waals surface area contributed by atoms with Crippen molar-refractivity contribution in [1.29, 1.82) is 0 Å². The predicted molar refractivity (Wildman–Crippen MR) is 352 cm³/mol. The average Bonchev–Trinajstić information content (AvgIpc) is 3.47. The van der Waals surface area contributed by atoms with E-state index in [0.717, 1.165) is 167 Å². The van der Waals surface area contributed by atoms with Crippen LogP contribution in [-0.4, -0.2) is 37.2 Å². The zero-order chi connectivity index (χ0) is 58.5. The summed E-state index contributed by atoms with van der Waals surface area (Å²) in [5, 5.41) is 0. The molecule has 0 aliphatic carbocycles. The van der Waals surface area contributed by atoms with Crippen LogP contribution < -0.4 is 0 Å². The van der Waals surface area contributed by atoms with Gasteiger partial charge in [0.25, 0.3) is 0 Å². The third-order valence-electron chi connectivity index (χ3n) is 12.9. The quantitative estimate of drug-likeness (QED) is 0.0261. The van der Waals surface area contributed by atoms with E-state index in [1.54, 1.807) is 0 Å². The second-order valence-electron chi connectivity index (χ2n) is 20.5. The number of carbonyl (C=O) groups is 3. The van der Waals surface area contributed by atoms with Gasteiger partial charge in [-0.3, -0.25) is 14.4 Å². The first-order valence-electron chi connectivity index (χ1n) is 32.3. The normalized spacial score (nSPS) is 13.4. The first-order valence-corrected chi connectivity index (χ1v) is 32.3. The van der Waals surface area contributed by atoms with E-state index in [1.807, 2.05) is 0 Å². The highest BCUT2D eigenvalue weighted by atomic mass is 16.6. The minimum atomic E-state index is -0.827. The molecule has 0 saturated heterocycles. The van der Waals surface area contributed by atoms with E-state index >= 15 is 0 Å². The lowest BCUT2D eigenvalue weighted by atomic mass is 10.1. The molecule has 0 aliphatic heterocycles. The first-order chi connectivity index (χ1) is 40.0.